The van der Waals surface area contributed by atoms with Gasteiger partial charge in [-0.1, -0.05) is 42.7 Å². The number of hydrogen-bond acceptors (Lipinski definition) is 3. The predicted octanol–water partition coefficient (Wildman–Crippen LogP) is 3.36. The Morgan fingerprint density at radius 3 is 2.41 bits per heavy atom. The van der Waals surface area contributed by atoms with E-state index < -0.39 is 0 Å². The minimum absolute atomic E-state index is 0.304. The molecule has 2 N–H and O–H groups in total. The number of likely N-dealkylation sites (N-methyl/N-ethyl adjacent to an activating group) is 1. The Morgan fingerprint density at radius 1 is 1.19 bits per heavy atom. The van der Waals surface area contributed by atoms with Gasteiger partial charge in [0.15, 0.2) is 5.96 Å². The van der Waals surface area contributed by atoms with Crippen molar-refractivity contribution in [2.24, 2.45) is 10.4 Å². The van der Waals surface area contributed by atoms with Crippen LogP contribution in [0.15, 0.2) is 29.3 Å². The molecule has 1 aromatic carbocycles. The van der Waals surface area contributed by atoms with E-state index >= 15 is 0 Å². The van der Waals surface area contributed by atoms with Crippen molar-refractivity contribution in [2.45, 2.75) is 45.1 Å². The van der Waals surface area contributed by atoms with Gasteiger partial charge in [0.25, 0.3) is 0 Å². The average molecular weight is 375 g/mol. The fourth-order valence-corrected chi connectivity index (χ4v) is 4.03. The molecule has 1 aliphatic rings. The van der Waals surface area contributed by atoms with E-state index in [0.29, 0.717) is 11.5 Å². The third kappa shape index (κ3) is 6.51. The standard InChI is InChI=1S/C22H38N4O/c1-18-8-10-19(11-9-18)20(26(3)4)16-24-21(23-2)25-17-22(14-15-27-5)12-6-7-13-22/h8-11,20H,6-7,12-17H2,1-5H3,(H2,23,24,25). The molecule has 1 aromatic rings. The average Bonchev–Trinajstić information content (AvgIpc) is 3.13. The molecule has 5 heteroatoms. The first-order chi connectivity index (χ1) is 13.0. The number of hydrogen-bond donors (Lipinski definition) is 2. The summed E-state index contributed by atoms with van der Waals surface area (Å²) in [6.45, 7) is 4.75. The number of benzene rings is 1. The monoisotopic (exact) mass is 374 g/mol. The number of methoxy groups -OCH3 is 1. The summed E-state index contributed by atoms with van der Waals surface area (Å²) in [5.41, 5.74) is 2.96. The number of nitrogens with one attached hydrogen (secondary N) is 2. The molecule has 0 saturated heterocycles. The Hall–Kier alpha value is -1.59. The van der Waals surface area contributed by atoms with Gasteiger partial charge in [0.05, 0.1) is 6.04 Å². The normalized spacial score (nSPS) is 17.9. The zero-order chi connectivity index (χ0) is 19.7. The number of guanidine groups is 1. The van der Waals surface area contributed by atoms with Crippen molar-refractivity contribution >= 4 is 5.96 Å². The van der Waals surface area contributed by atoms with Gasteiger partial charge < -0.3 is 20.3 Å². The second kappa shape index (κ2) is 10.7. The topological polar surface area (TPSA) is 48.9 Å². The lowest BCUT2D eigenvalue weighted by molar-refractivity contribution is 0.138. The van der Waals surface area contributed by atoms with Crippen molar-refractivity contribution in [3.63, 3.8) is 0 Å². The number of ether oxygens (including phenoxy) is 1. The lowest BCUT2D eigenvalue weighted by Crippen LogP contribution is -2.45. The predicted molar refractivity (Wildman–Crippen MR) is 114 cm³/mol. The largest absolute Gasteiger partial charge is 0.385 e. The minimum Gasteiger partial charge on any atom is -0.385 e. The highest BCUT2D eigenvalue weighted by Gasteiger charge is 2.33. The van der Waals surface area contributed by atoms with Gasteiger partial charge >= 0.3 is 0 Å². The summed E-state index contributed by atoms with van der Waals surface area (Å²) in [6.07, 6.45) is 6.34. The fourth-order valence-electron chi connectivity index (χ4n) is 4.03. The Balaban J connectivity index is 1.92. The first kappa shape index (κ1) is 21.7. The highest BCUT2D eigenvalue weighted by molar-refractivity contribution is 5.79. The molecule has 1 fully saturated rings. The second-order valence-corrected chi connectivity index (χ2v) is 8.15. The van der Waals surface area contributed by atoms with Gasteiger partial charge in [-0.2, -0.15) is 0 Å². The van der Waals surface area contributed by atoms with E-state index in [1.807, 2.05) is 7.05 Å². The summed E-state index contributed by atoms with van der Waals surface area (Å²) in [4.78, 5) is 6.70. The molecule has 0 spiro atoms. The molecule has 0 aromatic heterocycles. The third-order valence-corrected chi connectivity index (χ3v) is 5.90. The molecule has 0 radical (unpaired) electrons. The van der Waals surface area contributed by atoms with E-state index in [2.05, 4.69) is 65.8 Å². The van der Waals surface area contributed by atoms with Crippen LogP contribution in [0.25, 0.3) is 0 Å². The lowest BCUT2D eigenvalue weighted by atomic mass is 9.83. The molecule has 2 rings (SSSR count). The molecule has 1 unspecified atom stereocenters. The van der Waals surface area contributed by atoms with Crippen LogP contribution < -0.4 is 10.6 Å². The van der Waals surface area contributed by atoms with Gasteiger partial charge in [-0.3, -0.25) is 4.99 Å². The van der Waals surface area contributed by atoms with Gasteiger partial charge in [-0.25, -0.2) is 0 Å². The fraction of sp³-hybridized carbons (Fsp3) is 0.682. The number of rotatable bonds is 9. The van der Waals surface area contributed by atoms with E-state index in [1.54, 1.807) is 7.11 Å². The number of aliphatic imine (C=N–C) groups is 1. The third-order valence-electron chi connectivity index (χ3n) is 5.90. The van der Waals surface area contributed by atoms with Crippen LogP contribution in [0.2, 0.25) is 0 Å². The molecule has 0 bridgehead atoms. The Morgan fingerprint density at radius 2 is 1.85 bits per heavy atom. The van der Waals surface area contributed by atoms with E-state index in [1.165, 1.54) is 36.8 Å². The first-order valence-corrected chi connectivity index (χ1v) is 10.2. The summed E-state index contributed by atoms with van der Waals surface area (Å²) >= 11 is 0. The Kier molecular flexibility index (Phi) is 8.58. The summed E-state index contributed by atoms with van der Waals surface area (Å²) in [5, 5.41) is 7.11. The van der Waals surface area contributed by atoms with Crippen molar-refractivity contribution in [2.75, 3.05) is 47.9 Å². The van der Waals surface area contributed by atoms with Crippen molar-refractivity contribution < 1.29 is 4.74 Å². The quantitative estimate of drug-likeness (QED) is 0.514. The van der Waals surface area contributed by atoms with Crippen LogP contribution >= 0.6 is 0 Å². The molecular weight excluding hydrogens is 336 g/mol. The zero-order valence-electron chi connectivity index (χ0n) is 17.8. The molecular formula is C22H38N4O. The summed E-state index contributed by atoms with van der Waals surface area (Å²) in [5.74, 6) is 0.887. The van der Waals surface area contributed by atoms with Crippen LogP contribution in [-0.4, -0.2) is 58.8 Å². The van der Waals surface area contributed by atoms with Crippen LogP contribution in [-0.2, 0) is 4.74 Å². The van der Waals surface area contributed by atoms with Gasteiger partial charge in [0.2, 0.25) is 0 Å². The maximum atomic E-state index is 5.35. The van der Waals surface area contributed by atoms with Gasteiger partial charge in [0.1, 0.15) is 0 Å². The first-order valence-electron chi connectivity index (χ1n) is 10.2. The molecule has 5 nitrogen and oxygen atoms in total. The van der Waals surface area contributed by atoms with Crippen molar-refractivity contribution in [1.29, 1.82) is 0 Å². The van der Waals surface area contributed by atoms with Crippen molar-refractivity contribution in [3.05, 3.63) is 35.4 Å². The van der Waals surface area contributed by atoms with E-state index in [0.717, 1.165) is 32.1 Å². The van der Waals surface area contributed by atoms with Crippen LogP contribution in [0.3, 0.4) is 0 Å². The van der Waals surface area contributed by atoms with E-state index in [-0.39, 0.29) is 0 Å². The molecule has 0 amide bonds. The molecule has 27 heavy (non-hydrogen) atoms. The second-order valence-electron chi connectivity index (χ2n) is 8.15. The lowest BCUT2D eigenvalue weighted by Gasteiger charge is -2.31. The van der Waals surface area contributed by atoms with E-state index in [4.69, 9.17) is 4.74 Å². The molecule has 152 valence electrons. The molecule has 1 saturated carbocycles. The molecule has 0 aliphatic heterocycles. The summed E-state index contributed by atoms with van der Waals surface area (Å²) < 4.78 is 5.35. The van der Waals surface area contributed by atoms with E-state index in [9.17, 15) is 0 Å². The van der Waals surface area contributed by atoms with Crippen LogP contribution in [0.1, 0.15) is 49.3 Å². The number of aryl methyl sites for hydroxylation is 1. The van der Waals surface area contributed by atoms with Crippen LogP contribution in [0.4, 0.5) is 0 Å². The summed E-state index contributed by atoms with van der Waals surface area (Å²) in [7, 11) is 7.90. The molecule has 1 atom stereocenters. The SMILES string of the molecule is CN=C(NCC(c1ccc(C)cc1)N(C)C)NCC1(CCOC)CCCC1. The molecule has 1 aliphatic carbocycles. The maximum Gasteiger partial charge on any atom is 0.191 e. The smallest absolute Gasteiger partial charge is 0.191 e. The van der Waals surface area contributed by atoms with Crippen molar-refractivity contribution in [1.82, 2.24) is 15.5 Å². The van der Waals surface area contributed by atoms with Gasteiger partial charge in [-0.15, -0.1) is 0 Å². The highest BCUT2D eigenvalue weighted by Crippen LogP contribution is 2.40. The summed E-state index contributed by atoms with van der Waals surface area (Å²) in [6, 6.07) is 9.10. The van der Waals surface area contributed by atoms with Gasteiger partial charge in [0, 0.05) is 33.9 Å². The van der Waals surface area contributed by atoms with Crippen LogP contribution in [0.5, 0.6) is 0 Å². The maximum absolute atomic E-state index is 5.35. The Labute approximate surface area is 165 Å². The minimum atomic E-state index is 0.304. The van der Waals surface area contributed by atoms with Crippen LogP contribution in [0, 0.1) is 12.3 Å². The highest BCUT2D eigenvalue weighted by atomic mass is 16.5. The Bertz CT molecular complexity index is 576. The van der Waals surface area contributed by atoms with Crippen molar-refractivity contribution in [3.8, 4) is 0 Å². The molecule has 0 heterocycles. The zero-order valence-corrected chi connectivity index (χ0v) is 17.8. The number of nitrogens with zero attached hydrogens (tertiary/aromatic N) is 2. The van der Waals surface area contributed by atoms with Gasteiger partial charge in [-0.05, 0) is 51.3 Å².